The molecule has 1 N–H and O–H groups in total. The number of aryl methyl sites for hydroxylation is 8. The lowest BCUT2D eigenvalue weighted by Crippen LogP contribution is -2.23. The molecular formula is C50H49N2O2+. The van der Waals surface area contributed by atoms with E-state index in [9.17, 15) is 9.90 Å². The van der Waals surface area contributed by atoms with Gasteiger partial charge in [-0.25, -0.2) is 0 Å². The Hall–Kier alpha value is -6.00. The number of rotatable bonds is 8. The number of carbonyl (C=O) groups is 1. The molecule has 0 atom stereocenters. The van der Waals surface area contributed by atoms with Gasteiger partial charge in [0.2, 0.25) is 17.2 Å². The average molecular weight is 710 g/mol. The first-order chi connectivity index (χ1) is 25.9. The third-order valence-corrected chi connectivity index (χ3v) is 10.8. The topological polar surface area (TPSA) is 43.5 Å². The minimum atomic E-state index is -0.143. The van der Waals surface area contributed by atoms with E-state index in [0.29, 0.717) is 35.4 Å². The van der Waals surface area contributed by atoms with Gasteiger partial charge in [0.25, 0.3) is 0 Å². The Labute approximate surface area is 320 Å². The van der Waals surface area contributed by atoms with Crippen molar-refractivity contribution < 1.29 is 14.5 Å². The van der Waals surface area contributed by atoms with Gasteiger partial charge in [0.05, 0.1) is 11.1 Å². The summed E-state index contributed by atoms with van der Waals surface area (Å²) in [5, 5.41) is 11.4. The zero-order valence-electron chi connectivity index (χ0n) is 32.7. The monoisotopic (exact) mass is 709 g/mol. The first-order valence-electron chi connectivity index (χ1n) is 18.8. The number of Topliss-reactive ketones (excluding diaryl/α,β-unsaturated/α-hetero) is 1. The van der Waals surface area contributed by atoms with Crippen molar-refractivity contribution in [3.63, 3.8) is 0 Å². The van der Waals surface area contributed by atoms with E-state index < -0.39 is 0 Å². The summed E-state index contributed by atoms with van der Waals surface area (Å²) < 4.78 is 2.33. The highest BCUT2D eigenvalue weighted by molar-refractivity contribution is 6.39. The lowest BCUT2D eigenvalue weighted by Gasteiger charge is -2.29. The fourth-order valence-corrected chi connectivity index (χ4v) is 7.79. The molecular weight excluding hydrogens is 661 g/mol. The Morgan fingerprint density at radius 2 is 1.09 bits per heavy atom. The molecule has 7 rings (SSSR count). The summed E-state index contributed by atoms with van der Waals surface area (Å²) in [5.41, 5.74) is 18.8. The van der Waals surface area contributed by atoms with Crippen molar-refractivity contribution in [2.75, 3.05) is 4.90 Å². The molecule has 0 aromatic heterocycles. The summed E-state index contributed by atoms with van der Waals surface area (Å²) >= 11 is 0. The van der Waals surface area contributed by atoms with Crippen molar-refractivity contribution in [3.05, 3.63) is 199 Å². The fraction of sp³-hybridized carbons (Fsp3) is 0.200. The van der Waals surface area contributed by atoms with Crippen LogP contribution < -0.4 is 4.90 Å². The molecule has 0 fully saturated rings. The standard InChI is InChI=1S/C50H48N2O2/c1-31-9-13-41(35(5)25-31)29-51(45-23-11-33(3)27-37(45)7)43-19-15-39(16-20-43)47-49(53)48(50(47)54)40-17-21-44(22-18-40)52(46-24-12-34(4)28-38(46)8)30-42-14-10-32(2)26-36(42)6/h9-28H,29-30H2,1-8H3/p+1. The van der Waals surface area contributed by atoms with Crippen LogP contribution in [0, 0.1) is 55.4 Å². The molecule has 0 unspecified atom stereocenters. The van der Waals surface area contributed by atoms with Crippen LogP contribution in [0.4, 0.5) is 17.1 Å². The predicted octanol–water partition coefficient (Wildman–Crippen LogP) is 11.8. The second-order valence-electron chi connectivity index (χ2n) is 15.1. The van der Waals surface area contributed by atoms with Crippen molar-refractivity contribution in [3.8, 4) is 0 Å². The Morgan fingerprint density at radius 1 is 0.556 bits per heavy atom. The molecule has 54 heavy (non-hydrogen) atoms. The highest BCUT2D eigenvalue weighted by Crippen LogP contribution is 2.40. The second kappa shape index (κ2) is 14.8. The van der Waals surface area contributed by atoms with Gasteiger partial charge < -0.3 is 10.0 Å². The smallest absolute Gasteiger partial charge is 0.208 e. The lowest BCUT2D eigenvalue weighted by atomic mass is 9.80. The number of aliphatic hydroxyl groups excluding tert-OH is 1. The van der Waals surface area contributed by atoms with Crippen LogP contribution in [0.3, 0.4) is 0 Å². The summed E-state index contributed by atoms with van der Waals surface area (Å²) in [5.74, 6) is -0.0976. The van der Waals surface area contributed by atoms with Crippen LogP contribution >= 0.6 is 0 Å². The molecule has 0 heterocycles. The quantitative estimate of drug-likeness (QED) is 0.129. The summed E-state index contributed by atoms with van der Waals surface area (Å²) in [6, 6.07) is 34.3. The van der Waals surface area contributed by atoms with Crippen LogP contribution in [0.15, 0.2) is 138 Å². The summed E-state index contributed by atoms with van der Waals surface area (Å²) in [6.45, 7) is 18.5. The van der Waals surface area contributed by atoms with Crippen molar-refractivity contribution >= 4 is 34.1 Å². The number of hydrogen-bond donors (Lipinski definition) is 1. The molecule has 0 saturated heterocycles. The highest BCUT2D eigenvalue weighted by Gasteiger charge is 2.37. The van der Waals surface area contributed by atoms with Crippen molar-refractivity contribution in [2.24, 2.45) is 0 Å². The van der Waals surface area contributed by atoms with Gasteiger partial charge in [0.15, 0.2) is 6.54 Å². The maximum atomic E-state index is 13.7. The molecule has 5 aromatic rings. The molecule has 0 radical (unpaired) electrons. The Balaban J connectivity index is 1.20. The SMILES string of the molecule is Cc1ccc(CN(c2ccc(C3=C(O)C(=C4C=CC(=[N+](Cc5ccc(C)cc5C)c5ccc(C)cc5C)C=C4)C3=O)cc2)c2ccc(C)cc2C)c(C)c1. The second-order valence-corrected chi connectivity index (χ2v) is 15.1. The largest absolute Gasteiger partial charge is 0.506 e. The molecule has 4 heteroatoms. The van der Waals surface area contributed by atoms with E-state index in [1.807, 2.05) is 24.3 Å². The number of carbonyl (C=O) groups excluding carboxylic acids is 1. The van der Waals surface area contributed by atoms with Crippen molar-refractivity contribution in [1.82, 2.24) is 0 Å². The average Bonchev–Trinajstić information content (AvgIpc) is 3.13. The normalized spacial score (nSPS) is 13.9. The van der Waals surface area contributed by atoms with Crippen LogP contribution in [0.2, 0.25) is 0 Å². The van der Waals surface area contributed by atoms with E-state index >= 15 is 0 Å². The lowest BCUT2D eigenvalue weighted by molar-refractivity contribution is -0.457. The van der Waals surface area contributed by atoms with E-state index in [1.165, 1.54) is 55.6 Å². The molecule has 0 spiro atoms. The number of benzene rings is 5. The summed E-state index contributed by atoms with van der Waals surface area (Å²) in [6.07, 6.45) is 8.00. The van der Waals surface area contributed by atoms with Crippen molar-refractivity contribution in [2.45, 2.75) is 68.5 Å². The van der Waals surface area contributed by atoms with E-state index in [2.05, 4.69) is 162 Å². The first kappa shape index (κ1) is 36.4. The number of hydrogen-bond acceptors (Lipinski definition) is 3. The number of aliphatic hydroxyl groups is 1. The fourth-order valence-electron chi connectivity index (χ4n) is 7.79. The van der Waals surface area contributed by atoms with Gasteiger partial charge in [-0.1, -0.05) is 89.0 Å². The van der Waals surface area contributed by atoms with Crippen LogP contribution in [0.1, 0.15) is 61.2 Å². The molecule has 270 valence electrons. The summed E-state index contributed by atoms with van der Waals surface area (Å²) in [4.78, 5) is 16.1. The van der Waals surface area contributed by atoms with Gasteiger partial charge in [-0.3, -0.25) is 4.79 Å². The predicted molar refractivity (Wildman–Crippen MR) is 224 cm³/mol. The van der Waals surface area contributed by atoms with Crippen LogP contribution in [-0.2, 0) is 17.9 Å². The number of allylic oxidation sites excluding steroid dienone is 7. The minimum absolute atomic E-state index is 0.0449. The maximum Gasteiger partial charge on any atom is 0.208 e. The molecule has 2 aliphatic rings. The zero-order valence-corrected chi connectivity index (χ0v) is 32.7. The number of ketones is 1. The highest BCUT2D eigenvalue weighted by atomic mass is 16.3. The van der Waals surface area contributed by atoms with Crippen molar-refractivity contribution in [1.29, 1.82) is 0 Å². The van der Waals surface area contributed by atoms with Gasteiger partial charge in [0, 0.05) is 47.3 Å². The Kier molecular flexibility index (Phi) is 9.96. The Bertz CT molecular complexity index is 2470. The third kappa shape index (κ3) is 7.17. The van der Waals surface area contributed by atoms with Gasteiger partial charge in [-0.05, 0) is 125 Å². The van der Waals surface area contributed by atoms with Crippen LogP contribution in [0.25, 0.3) is 5.57 Å². The number of anilines is 2. The van der Waals surface area contributed by atoms with Gasteiger partial charge >= 0.3 is 0 Å². The first-order valence-corrected chi connectivity index (χ1v) is 18.8. The summed E-state index contributed by atoms with van der Waals surface area (Å²) in [7, 11) is 0. The number of nitrogens with zero attached hydrogens (tertiary/aromatic N) is 2. The molecule has 0 amide bonds. The molecule has 4 nitrogen and oxygen atoms in total. The van der Waals surface area contributed by atoms with Gasteiger partial charge in [0.1, 0.15) is 5.76 Å². The molecule has 0 aliphatic heterocycles. The van der Waals surface area contributed by atoms with E-state index in [4.69, 9.17) is 0 Å². The van der Waals surface area contributed by atoms with Gasteiger partial charge in [-0.15, -0.1) is 0 Å². The molecule has 5 aromatic carbocycles. The Morgan fingerprint density at radius 3 is 1.65 bits per heavy atom. The maximum absolute atomic E-state index is 13.7. The van der Waals surface area contributed by atoms with E-state index in [-0.39, 0.29) is 11.5 Å². The van der Waals surface area contributed by atoms with Crippen LogP contribution in [-0.4, -0.2) is 21.2 Å². The van der Waals surface area contributed by atoms with E-state index in [1.54, 1.807) is 0 Å². The minimum Gasteiger partial charge on any atom is -0.506 e. The van der Waals surface area contributed by atoms with E-state index in [0.717, 1.165) is 22.8 Å². The zero-order chi connectivity index (χ0) is 38.3. The van der Waals surface area contributed by atoms with Crippen LogP contribution in [0.5, 0.6) is 0 Å². The molecule has 2 aliphatic carbocycles. The molecule has 0 bridgehead atoms. The molecule has 0 saturated carbocycles. The van der Waals surface area contributed by atoms with Gasteiger partial charge in [-0.2, -0.15) is 4.58 Å². The third-order valence-electron chi connectivity index (χ3n) is 10.8.